The predicted molar refractivity (Wildman–Crippen MR) is 122 cm³/mol. The molecule has 1 N–H and O–H groups in total. The molecule has 164 valence electrons. The summed E-state index contributed by atoms with van der Waals surface area (Å²) in [6, 6.07) is 17.8. The minimum absolute atomic E-state index is 0.0764. The molecule has 4 rings (SSSR count). The molecule has 2 aliphatic heterocycles. The Labute approximate surface area is 185 Å². The zero-order chi connectivity index (χ0) is 22.0. The minimum Gasteiger partial charge on any atom is -0.338 e. The van der Waals surface area contributed by atoms with Gasteiger partial charge in [0.1, 0.15) is 0 Å². The Bertz CT molecular complexity index is 915. The van der Waals surface area contributed by atoms with Gasteiger partial charge in [-0.15, -0.1) is 0 Å². The summed E-state index contributed by atoms with van der Waals surface area (Å²) in [4.78, 5) is 30.3. The Kier molecular flexibility index (Phi) is 6.15. The molecule has 2 amide bonds. The molecule has 0 unspecified atom stereocenters. The standard InChI is InChI=1S/C26H33N3O2/c1-19(2)17-23-25(31)29(18-21-7-5-4-6-8-21)26(27-23)13-15-28(16-14-26)24(30)22-11-9-20(3)10-12-22/h4-12,19,23,27H,13-18H2,1-3H3/t23-/m0/s1. The zero-order valence-corrected chi connectivity index (χ0v) is 18.8. The quantitative estimate of drug-likeness (QED) is 0.798. The van der Waals surface area contributed by atoms with Gasteiger partial charge < -0.3 is 9.80 Å². The molecule has 0 saturated carbocycles. The first-order valence-electron chi connectivity index (χ1n) is 11.4. The van der Waals surface area contributed by atoms with Crippen molar-refractivity contribution in [1.29, 1.82) is 0 Å². The summed E-state index contributed by atoms with van der Waals surface area (Å²) < 4.78 is 0. The number of carbonyl (C=O) groups is 2. The Morgan fingerprint density at radius 1 is 1.06 bits per heavy atom. The molecule has 1 atom stereocenters. The van der Waals surface area contributed by atoms with E-state index in [1.165, 1.54) is 0 Å². The van der Waals surface area contributed by atoms with Crippen molar-refractivity contribution in [3.8, 4) is 0 Å². The lowest BCUT2D eigenvalue weighted by Gasteiger charge is -2.44. The van der Waals surface area contributed by atoms with Crippen LogP contribution in [0.2, 0.25) is 0 Å². The van der Waals surface area contributed by atoms with E-state index in [1.54, 1.807) is 0 Å². The van der Waals surface area contributed by atoms with Gasteiger partial charge in [0, 0.05) is 38.0 Å². The molecule has 5 heteroatoms. The average Bonchev–Trinajstić information content (AvgIpc) is 3.00. The van der Waals surface area contributed by atoms with Crippen LogP contribution in [0.4, 0.5) is 0 Å². The predicted octanol–water partition coefficient (Wildman–Crippen LogP) is 3.97. The van der Waals surface area contributed by atoms with Crippen molar-refractivity contribution < 1.29 is 9.59 Å². The van der Waals surface area contributed by atoms with Gasteiger partial charge in [-0.3, -0.25) is 14.9 Å². The Morgan fingerprint density at radius 3 is 2.32 bits per heavy atom. The fourth-order valence-electron chi connectivity index (χ4n) is 4.86. The molecule has 2 aliphatic rings. The molecular formula is C26H33N3O2. The van der Waals surface area contributed by atoms with Gasteiger partial charge in [0.15, 0.2) is 0 Å². The molecule has 2 heterocycles. The highest BCUT2D eigenvalue weighted by Gasteiger charge is 2.51. The van der Waals surface area contributed by atoms with E-state index in [9.17, 15) is 9.59 Å². The number of piperidine rings is 1. The van der Waals surface area contributed by atoms with E-state index < -0.39 is 0 Å². The van der Waals surface area contributed by atoms with Crippen LogP contribution in [0.3, 0.4) is 0 Å². The lowest BCUT2D eigenvalue weighted by Crippen LogP contribution is -2.59. The van der Waals surface area contributed by atoms with E-state index in [2.05, 4.69) is 31.3 Å². The summed E-state index contributed by atoms with van der Waals surface area (Å²) in [5.74, 6) is 0.710. The van der Waals surface area contributed by atoms with Crippen LogP contribution in [0.15, 0.2) is 54.6 Å². The van der Waals surface area contributed by atoms with Gasteiger partial charge in [0.2, 0.25) is 5.91 Å². The first-order chi connectivity index (χ1) is 14.9. The summed E-state index contributed by atoms with van der Waals surface area (Å²) in [5.41, 5.74) is 2.64. The van der Waals surface area contributed by atoms with Crippen molar-refractivity contribution in [2.24, 2.45) is 5.92 Å². The maximum absolute atomic E-state index is 13.4. The van der Waals surface area contributed by atoms with Gasteiger partial charge >= 0.3 is 0 Å². The molecule has 1 spiro atoms. The summed E-state index contributed by atoms with van der Waals surface area (Å²) in [7, 11) is 0. The van der Waals surface area contributed by atoms with Crippen molar-refractivity contribution in [1.82, 2.24) is 15.1 Å². The molecule has 2 aromatic rings. The fraction of sp³-hybridized carbons (Fsp3) is 0.462. The second-order valence-electron chi connectivity index (χ2n) is 9.43. The molecule has 0 aliphatic carbocycles. The monoisotopic (exact) mass is 419 g/mol. The number of nitrogens with zero attached hydrogens (tertiary/aromatic N) is 2. The third-order valence-corrected chi connectivity index (χ3v) is 6.59. The molecule has 2 aromatic carbocycles. The number of likely N-dealkylation sites (tertiary alicyclic amines) is 1. The van der Waals surface area contributed by atoms with Gasteiger partial charge in [-0.1, -0.05) is 61.9 Å². The number of benzene rings is 2. The topological polar surface area (TPSA) is 52.7 Å². The van der Waals surface area contributed by atoms with Gasteiger partial charge in [-0.2, -0.15) is 0 Å². The van der Waals surface area contributed by atoms with Gasteiger partial charge in [-0.05, 0) is 37.0 Å². The van der Waals surface area contributed by atoms with E-state index in [0.29, 0.717) is 25.6 Å². The Balaban J connectivity index is 1.51. The third kappa shape index (κ3) is 4.52. The lowest BCUT2D eigenvalue weighted by atomic mass is 9.94. The number of carbonyl (C=O) groups excluding carboxylic acids is 2. The molecule has 2 fully saturated rings. The van der Waals surface area contributed by atoms with E-state index in [0.717, 1.165) is 36.0 Å². The van der Waals surface area contributed by atoms with Crippen LogP contribution in [-0.2, 0) is 11.3 Å². The molecular weight excluding hydrogens is 386 g/mol. The maximum Gasteiger partial charge on any atom is 0.253 e. The molecule has 5 nitrogen and oxygen atoms in total. The minimum atomic E-state index is -0.378. The van der Waals surface area contributed by atoms with Crippen LogP contribution < -0.4 is 5.32 Å². The molecule has 31 heavy (non-hydrogen) atoms. The number of amides is 2. The van der Waals surface area contributed by atoms with Gasteiger partial charge in [-0.25, -0.2) is 0 Å². The van der Waals surface area contributed by atoms with Crippen molar-refractivity contribution in [3.05, 3.63) is 71.3 Å². The van der Waals surface area contributed by atoms with Crippen molar-refractivity contribution in [2.45, 2.75) is 58.3 Å². The van der Waals surface area contributed by atoms with Gasteiger partial charge in [0.25, 0.3) is 5.91 Å². The SMILES string of the molecule is Cc1ccc(C(=O)N2CCC3(CC2)N[C@@H](CC(C)C)C(=O)N3Cc2ccccc2)cc1. The smallest absolute Gasteiger partial charge is 0.253 e. The van der Waals surface area contributed by atoms with Crippen LogP contribution in [0.25, 0.3) is 0 Å². The summed E-state index contributed by atoms with van der Waals surface area (Å²) in [5, 5.41) is 3.70. The van der Waals surface area contributed by atoms with Crippen molar-refractivity contribution in [2.75, 3.05) is 13.1 Å². The Hall–Kier alpha value is -2.66. The third-order valence-electron chi connectivity index (χ3n) is 6.59. The largest absolute Gasteiger partial charge is 0.338 e. The number of nitrogens with one attached hydrogen (secondary N) is 1. The summed E-state index contributed by atoms with van der Waals surface area (Å²) >= 11 is 0. The van der Waals surface area contributed by atoms with Crippen LogP contribution in [0, 0.1) is 12.8 Å². The summed E-state index contributed by atoms with van der Waals surface area (Å²) in [6.45, 7) is 8.23. The number of hydrogen-bond acceptors (Lipinski definition) is 3. The van der Waals surface area contributed by atoms with Crippen LogP contribution in [0.1, 0.15) is 54.6 Å². The van der Waals surface area contributed by atoms with Crippen molar-refractivity contribution >= 4 is 11.8 Å². The first kappa shape index (κ1) is 21.6. The van der Waals surface area contributed by atoms with E-state index in [-0.39, 0.29) is 23.5 Å². The first-order valence-corrected chi connectivity index (χ1v) is 11.4. The lowest BCUT2D eigenvalue weighted by molar-refractivity contribution is -0.134. The van der Waals surface area contributed by atoms with Crippen LogP contribution >= 0.6 is 0 Å². The second kappa shape index (κ2) is 8.83. The number of rotatable bonds is 5. The highest BCUT2D eigenvalue weighted by molar-refractivity contribution is 5.94. The highest BCUT2D eigenvalue weighted by Crippen LogP contribution is 2.35. The Morgan fingerprint density at radius 2 is 1.71 bits per heavy atom. The van der Waals surface area contributed by atoms with Crippen LogP contribution in [-0.4, -0.2) is 46.4 Å². The zero-order valence-electron chi connectivity index (χ0n) is 18.8. The average molecular weight is 420 g/mol. The van der Waals surface area contributed by atoms with Crippen LogP contribution in [0.5, 0.6) is 0 Å². The van der Waals surface area contributed by atoms with E-state index in [1.807, 2.05) is 59.2 Å². The van der Waals surface area contributed by atoms with Gasteiger partial charge in [0.05, 0.1) is 11.7 Å². The van der Waals surface area contributed by atoms with Crippen molar-refractivity contribution in [3.63, 3.8) is 0 Å². The summed E-state index contributed by atoms with van der Waals surface area (Å²) in [6.07, 6.45) is 2.33. The maximum atomic E-state index is 13.4. The van der Waals surface area contributed by atoms with E-state index in [4.69, 9.17) is 0 Å². The number of hydrogen-bond donors (Lipinski definition) is 1. The van der Waals surface area contributed by atoms with E-state index >= 15 is 0 Å². The molecule has 2 saturated heterocycles. The second-order valence-corrected chi connectivity index (χ2v) is 9.43. The molecule has 0 bridgehead atoms. The molecule has 0 aromatic heterocycles. The molecule has 0 radical (unpaired) electrons. The fourth-order valence-corrected chi connectivity index (χ4v) is 4.86. The highest BCUT2D eigenvalue weighted by atomic mass is 16.2. The number of aryl methyl sites for hydroxylation is 1. The normalized spacial score (nSPS) is 20.6.